The third-order valence-electron chi connectivity index (χ3n) is 6.05. The fourth-order valence-corrected chi connectivity index (χ4v) is 5.91. The lowest BCUT2D eigenvalue weighted by molar-refractivity contribution is 0.152. The maximum absolute atomic E-state index is 13.5. The van der Waals surface area contributed by atoms with Crippen molar-refractivity contribution in [3.05, 3.63) is 82.9 Å². The van der Waals surface area contributed by atoms with Crippen LogP contribution in [0.3, 0.4) is 0 Å². The molecule has 160 valence electrons. The lowest BCUT2D eigenvalue weighted by Gasteiger charge is -2.31. The number of rotatable bonds is 3. The third kappa shape index (κ3) is 3.20. The van der Waals surface area contributed by atoms with E-state index in [9.17, 15) is 13.5 Å². The summed E-state index contributed by atoms with van der Waals surface area (Å²) in [4.78, 5) is 0.217. The fraction of sp³-hybridized carbons (Fsp3) is 0.250. The quantitative estimate of drug-likeness (QED) is 0.671. The van der Waals surface area contributed by atoms with Gasteiger partial charge in [0.05, 0.1) is 18.1 Å². The summed E-state index contributed by atoms with van der Waals surface area (Å²) >= 11 is 0. The first-order chi connectivity index (χ1) is 14.9. The van der Waals surface area contributed by atoms with Crippen LogP contribution in [0.5, 0.6) is 17.2 Å². The first kappa shape index (κ1) is 20.1. The van der Waals surface area contributed by atoms with Crippen molar-refractivity contribution in [2.75, 3.05) is 20.2 Å². The van der Waals surface area contributed by atoms with Gasteiger partial charge in [0.15, 0.2) is 11.5 Å². The monoisotopic (exact) mass is 437 g/mol. The number of para-hydroxylation sites is 1. The minimum atomic E-state index is -3.80. The molecule has 0 aliphatic carbocycles. The van der Waals surface area contributed by atoms with Gasteiger partial charge in [-0.3, -0.25) is 0 Å². The topological polar surface area (TPSA) is 76.1 Å². The molecule has 2 atom stereocenters. The van der Waals surface area contributed by atoms with Gasteiger partial charge in [0.25, 0.3) is 0 Å². The van der Waals surface area contributed by atoms with Crippen molar-refractivity contribution in [1.29, 1.82) is 0 Å². The summed E-state index contributed by atoms with van der Waals surface area (Å²) < 4.78 is 40.1. The van der Waals surface area contributed by atoms with Crippen molar-refractivity contribution in [3.8, 4) is 17.2 Å². The van der Waals surface area contributed by atoms with Crippen LogP contribution in [0.25, 0.3) is 0 Å². The van der Waals surface area contributed by atoms with E-state index in [1.54, 1.807) is 43.5 Å². The Hall–Kier alpha value is -2.87. The number of sulfonamides is 1. The van der Waals surface area contributed by atoms with Crippen LogP contribution >= 0.6 is 0 Å². The lowest BCUT2D eigenvalue weighted by Crippen LogP contribution is -2.36. The Morgan fingerprint density at radius 3 is 2.48 bits per heavy atom. The molecule has 3 aromatic rings. The molecule has 2 aliphatic rings. The average Bonchev–Trinajstić information content (AvgIpc) is 2.92. The predicted molar refractivity (Wildman–Crippen MR) is 116 cm³/mol. The second kappa shape index (κ2) is 7.37. The van der Waals surface area contributed by atoms with Crippen LogP contribution in [0.4, 0.5) is 0 Å². The molecular weight excluding hydrogens is 414 g/mol. The van der Waals surface area contributed by atoms with Crippen LogP contribution in [0.1, 0.15) is 34.3 Å². The van der Waals surface area contributed by atoms with Crippen molar-refractivity contribution < 1.29 is 23.0 Å². The van der Waals surface area contributed by atoms with Gasteiger partial charge in [-0.2, -0.15) is 4.31 Å². The summed E-state index contributed by atoms with van der Waals surface area (Å²) in [5, 5.41) is 11.0. The highest BCUT2D eigenvalue weighted by molar-refractivity contribution is 7.89. The van der Waals surface area contributed by atoms with Gasteiger partial charge in [-0.25, -0.2) is 8.42 Å². The molecule has 5 rings (SSSR count). The van der Waals surface area contributed by atoms with Gasteiger partial charge in [0.1, 0.15) is 5.75 Å². The Kier molecular flexibility index (Phi) is 4.77. The van der Waals surface area contributed by atoms with Crippen LogP contribution < -0.4 is 9.47 Å². The minimum Gasteiger partial charge on any atom is -0.493 e. The summed E-state index contributed by atoms with van der Waals surface area (Å²) in [5.41, 5.74) is 3.32. The van der Waals surface area contributed by atoms with Crippen LogP contribution in [-0.2, 0) is 10.0 Å². The number of aryl methyl sites for hydroxylation is 1. The number of hydrogen-bond acceptors (Lipinski definition) is 5. The zero-order valence-electron chi connectivity index (χ0n) is 17.3. The van der Waals surface area contributed by atoms with Gasteiger partial charge in [-0.1, -0.05) is 42.0 Å². The van der Waals surface area contributed by atoms with E-state index in [1.807, 2.05) is 31.2 Å². The van der Waals surface area contributed by atoms with E-state index < -0.39 is 16.1 Å². The zero-order valence-corrected chi connectivity index (χ0v) is 18.1. The fourth-order valence-electron chi connectivity index (χ4n) is 4.45. The molecule has 1 N–H and O–H groups in total. The van der Waals surface area contributed by atoms with Crippen LogP contribution in [0, 0.1) is 6.92 Å². The number of β-amino-alcohol motifs (C(OH)–C–C–N with tert-alkyl or cyclic N) is 1. The Morgan fingerprint density at radius 1 is 1.00 bits per heavy atom. The smallest absolute Gasteiger partial charge is 0.243 e. The Labute approximate surface area is 181 Å². The predicted octanol–water partition coefficient (Wildman–Crippen LogP) is 3.98. The van der Waals surface area contributed by atoms with Crippen LogP contribution in [0.15, 0.2) is 65.6 Å². The number of ether oxygens (including phenoxy) is 2. The number of hydrogen-bond donors (Lipinski definition) is 1. The summed E-state index contributed by atoms with van der Waals surface area (Å²) in [6.45, 7) is 2.07. The molecule has 31 heavy (non-hydrogen) atoms. The maximum atomic E-state index is 13.5. The molecule has 2 heterocycles. The van der Waals surface area contributed by atoms with Crippen molar-refractivity contribution in [1.82, 2.24) is 4.31 Å². The normalized spacial score (nSPS) is 20.2. The zero-order chi connectivity index (χ0) is 21.8. The van der Waals surface area contributed by atoms with E-state index in [1.165, 1.54) is 4.31 Å². The Balaban J connectivity index is 1.67. The Morgan fingerprint density at radius 2 is 1.74 bits per heavy atom. The summed E-state index contributed by atoms with van der Waals surface area (Å²) in [6, 6.07) is 17.9. The molecule has 0 saturated carbocycles. The van der Waals surface area contributed by atoms with Crippen molar-refractivity contribution >= 4 is 10.0 Å². The molecule has 0 amide bonds. The molecule has 3 aromatic carbocycles. The molecule has 0 spiro atoms. The number of methoxy groups -OCH3 is 1. The number of nitrogens with zero attached hydrogens (tertiary/aromatic N) is 1. The molecule has 0 unspecified atom stereocenters. The second-order valence-corrected chi connectivity index (χ2v) is 9.88. The highest BCUT2D eigenvalue weighted by atomic mass is 32.2. The molecule has 0 bridgehead atoms. The van der Waals surface area contributed by atoms with Gasteiger partial charge in [-0.15, -0.1) is 0 Å². The second-order valence-electron chi connectivity index (χ2n) is 7.94. The maximum Gasteiger partial charge on any atom is 0.243 e. The van der Waals surface area contributed by atoms with E-state index in [0.717, 1.165) is 16.7 Å². The minimum absolute atomic E-state index is 0.0341. The van der Waals surface area contributed by atoms with E-state index in [0.29, 0.717) is 22.8 Å². The van der Waals surface area contributed by atoms with E-state index in [4.69, 9.17) is 9.47 Å². The summed E-state index contributed by atoms with van der Waals surface area (Å²) in [6.07, 6.45) is -0.987. The molecule has 0 aromatic heterocycles. The number of benzene rings is 3. The summed E-state index contributed by atoms with van der Waals surface area (Å²) in [7, 11) is -2.23. The van der Waals surface area contributed by atoms with Crippen molar-refractivity contribution in [2.24, 2.45) is 0 Å². The molecule has 6 nitrogen and oxygen atoms in total. The van der Waals surface area contributed by atoms with Gasteiger partial charge >= 0.3 is 0 Å². The van der Waals surface area contributed by atoms with Gasteiger partial charge in [0.2, 0.25) is 10.0 Å². The average molecular weight is 438 g/mol. The van der Waals surface area contributed by atoms with E-state index in [2.05, 4.69) is 0 Å². The standard InChI is InChI=1S/C24H23NO5S/c1-15-7-9-16(10-8-15)31(27,28)25-13-19-17-5-3-4-6-21(17)30-24-22(29-2)12-11-18(23(19)24)20(26)14-25/h3-12,19-20,26H,13-14H2,1-2H3/t19-,20+/m0/s1. The van der Waals surface area contributed by atoms with Crippen molar-refractivity contribution in [2.45, 2.75) is 23.8 Å². The molecule has 0 saturated heterocycles. The van der Waals surface area contributed by atoms with Gasteiger partial charge in [0, 0.05) is 30.1 Å². The molecule has 2 aliphatic heterocycles. The highest BCUT2D eigenvalue weighted by Crippen LogP contribution is 2.52. The van der Waals surface area contributed by atoms with Crippen LogP contribution in [0.2, 0.25) is 0 Å². The first-order valence-corrected chi connectivity index (χ1v) is 11.6. The molecule has 0 radical (unpaired) electrons. The van der Waals surface area contributed by atoms with Gasteiger partial charge < -0.3 is 14.6 Å². The number of aliphatic hydroxyl groups excluding tert-OH is 1. The lowest BCUT2D eigenvalue weighted by atomic mass is 9.84. The third-order valence-corrected chi connectivity index (χ3v) is 7.89. The Bertz CT molecular complexity index is 1250. The van der Waals surface area contributed by atoms with E-state index in [-0.39, 0.29) is 23.9 Å². The van der Waals surface area contributed by atoms with Crippen molar-refractivity contribution in [3.63, 3.8) is 0 Å². The largest absolute Gasteiger partial charge is 0.493 e. The van der Waals surface area contributed by atoms with E-state index >= 15 is 0 Å². The summed E-state index contributed by atoms with van der Waals surface area (Å²) in [5.74, 6) is 1.47. The highest BCUT2D eigenvalue weighted by Gasteiger charge is 2.41. The molecular formula is C24H23NO5S. The molecule has 0 fully saturated rings. The first-order valence-electron chi connectivity index (χ1n) is 10.1. The number of aliphatic hydroxyl groups is 1. The van der Waals surface area contributed by atoms with Gasteiger partial charge in [-0.05, 0) is 36.8 Å². The number of fused-ring (bicyclic) bond motifs is 2. The molecule has 7 heteroatoms. The SMILES string of the molecule is COc1ccc2c3c1Oc1ccccc1[C@@H]3CN(S(=O)(=O)c1ccc(C)cc1)C[C@H]2O. The van der Waals surface area contributed by atoms with Crippen LogP contribution in [-0.4, -0.2) is 38.0 Å².